The van der Waals surface area contributed by atoms with Crippen molar-refractivity contribution < 1.29 is 21.6 Å². The van der Waals surface area contributed by atoms with Gasteiger partial charge in [0.25, 0.3) is 5.91 Å². The number of hydrogen-bond donors (Lipinski definition) is 1. The molecular weight excluding hydrogens is 584 g/mol. The molecule has 1 aliphatic rings. The Bertz CT molecular complexity index is 1710. The van der Waals surface area contributed by atoms with Crippen molar-refractivity contribution in [3.05, 3.63) is 82.7 Å². The predicted octanol–water partition coefficient (Wildman–Crippen LogP) is 5.39. The van der Waals surface area contributed by atoms with Gasteiger partial charge in [0.1, 0.15) is 4.21 Å². The van der Waals surface area contributed by atoms with Crippen LogP contribution in [-0.4, -0.2) is 53.0 Å². The highest BCUT2D eigenvalue weighted by Crippen LogP contribution is 2.37. The lowest BCUT2D eigenvalue weighted by Crippen LogP contribution is -2.38. The number of thiophene rings is 2. The van der Waals surface area contributed by atoms with E-state index in [2.05, 4.69) is 4.72 Å². The molecule has 2 aromatic carbocycles. The van der Waals surface area contributed by atoms with E-state index < -0.39 is 25.9 Å². The number of rotatable bonds is 7. The molecule has 198 valence electrons. The van der Waals surface area contributed by atoms with Crippen LogP contribution in [0, 0.1) is 0 Å². The molecule has 7 nitrogen and oxygen atoms in total. The number of halogens is 1. The Hall–Kier alpha value is -2.54. The van der Waals surface area contributed by atoms with Crippen molar-refractivity contribution in [3.63, 3.8) is 0 Å². The van der Waals surface area contributed by atoms with Gasteiger partial charge in [-0.25, -0.2) is 21.6 Å². The maximum Gasteiger partial charge on any atom is 0.253 e. The van der Waals surface area contributed by atoms with Crippen LogP contribution in [0.15, 0.2) is 81.9 Å². The monoisotopic (exact) mass is 606 g/mol. The van der Waals surface area contributed by atoms with Gasteiger partial charge in [0.2, 0.25) is 10.0 Å². The van der Waals surface area contributed by atoms with Crippen LogP contribution in [0.1, 0.15) is 16.8 Å². The lowest BCUT2D eigenvalue weighted by molar-refractivity contribution is 0.0790. The second-order valence-corrected chi connectivity index (χ2v) is 15.7. The van der Waals surface area contributed by atoms with Crippen molar-refractivity contribution in [1.29, 1.82) is 0 Å². The van der Waals surface area contributed by atoms with Crippen LogP contribution in [0.2, 0.25) is 4.34 Å². The van der Waals surface area contributed by atoms with Gasteiger partial charge in [-0.3, -0.25) is 4.79 Å². The van der Waals surface area contributed by atoms with Gasteiger partial charge in [-0.15, -0.1) is 22.7 Å². The molecule has 0 bridgehead atoms. The highest BCUT2D eigenvalue weighted by molar-refractivity contribution is 7.91. The zero-order valence-corrected chi connectivity index (χ0v) is 24.1. The molecule has 5 rings (SSSR count). The number of likely N-dealkylation sites (tertiary alicyclic amines) is 1. The molecular formula is C26H23ClN2O5S4. The van der Waals surface area contributed by atoms with Crippen molar-refractivity contribution in [1.82, 2.24) is 9.62 Å². The lowest BCUT2D eigenvalue weighted by atomic mass is 10.0. The van der Waals surface area contributed by atoms with Crippen molar-refractivity contribution in [2.75, 3.05) is 19.3 Å². The van der Waals surface area contributed by atoms with E-state index in [9.17, 15) is 21.6 Å². The van der Waals surface area contributed by atoms with E-state index in [-0.39, 0.29) is 21.6 Å². The number of sulfonamides is 1. The van der Waals surface area contributed by atoms with Crippen molar-refractivity contribution >= 4 is 60.0 Å². The molecule has 1 aliphatic heterocycles. The number of nitrogens with one attached hydrogen (secondary N) is 1. The van der Waals surface area contributed by atoms with Gasteiger partial charge in [0.15, 0.2) is 9.84 Å². The minimum absolute atomic E-state index is 0.206. The third-order valence-corrected chi connectivity index (χ3v) is 11.9. The Balaban J connectivity index is 1.25. The van der Waals surface area contributed by atoms with E-state index in [0.717, 1.165) is 9.75 Å². The third-order valence-electron chi connectivity index (χ3n) is 6.19. The molecule has 12 heteroatoms. The fourth-order valence-electron chi connectivity index (χ4n) is 4.37. The minimum atomic E-state index is -3.74. The predicted molar refractivity (Wildman–Crippen MR) is 152 cm³/mol. The maximum absolute atomic E-state index is 13.1. The first-order chi connectivity index (χ1) is 18.0. The number of benzene rings is 2. The summed E-state index contributed by atoms with van der Waals surface area (Å²) in [5, 5.41) is 0. The Kier molecular flexibility index (Phi) is 7.51. The largest absolute Gasteiger partial charge is 0.337 e. The van der Waals surface area contributed by atoms with E-state index in [1.807, 2.05) is 6.07 Å². The molecule has 0 radical (unpaired) electrons. The number of amides is 1. The number of carbonyl (C=O) groups is 1. The highest BCUT2D eigenvalue weighted by atomic mass is 35.5. The number of nitrogens with zero attached hydrogens (tertiary/aromatic N) is 1. The van der Waals surface area contributed by atoms with E-state index in [1.54, 1.807) is 71.6 Å². The summed E-state index contributed by atoms with van der Waals surface area (Å²) >= 11 is 8.57. The first-order valence-corrected chi connectivity index (χ1v) is 17.0. The molecule has 1 atom stereocenters. The Morgan fingerprint density at radius 3 is 2.29 bits per heavy atom. The normalized spacial score (nSPS) is 16.2. The molecule has 3 heterocycles. The molecule has 1 saturated heterocycles. The van der Waals surface area contributed by atoms with Crippen molar-refractivity contribution in [3.8, 4) is 20.9 Å². The fraction of sp³-hybridized carbons (Fsp3) is 0.192. The van der Waals surface area contributed by atoms with Crippen LogP contribution in [0.5, 0.6) is 0 Å². The standard InChI is InChI=1S/C26H23ClN2O5S4/c1-37(31,32)23-5-3-2-4-20(23)17-6-8-18(9-7-17)26(30)29-15-14-19(16-29)28-38(33,34)25-13-11-22(36-25)21-10-12-24(27)35-21/h2-13,19,28H,14-16H2,1H3. The topological polar surface area (TPSA) is 101 Å². The van der Waals surface area contributed by atoms with Gasteiger partial charge >= 0.3 is 0 Å². The molecule has 0 saturated carbocycles. The summed E-state index contributed by atoms with van der Waals surface area (Å²) in [5.74, 6) is -0.206. The average molecular weight is 607 g/mol. The fourth-order valence-corrected chi connectivity index (χ4v) is 8.99. The molecule has 0 aliphatic carbocycles. The van der Waals surface area contributed by atoms with Crippen molar-refractivity contribution in [2.24, 2.45) is 0 Å². The Morgan fingerprint density at radius 1 is 0.921 bits per heavy atom. The molecule has 2 aromatic heterocycles. The minimum Gasteiger partial charge on any atom is -0.337 e. The summed E-state index contributed by atoms with van der Waals surface area (Å²) in [6.45, 7) is 0.684. The first kappa shape index (κ1) is 27.0. The van der Waals surface area contributed by atoms with Gasteiger partial charge in [0.05, 0.1) is 9.23 Å². The zero-order chi connectivity index (χ0) is 27.1. The Labute approximate surface area is 234 Å². The molecule has 38 heavy (non-hydrogen) atoms. The van der Waals surface area contributed by atoms with Crippen LogP contribution >= 0.6 is 34.3 Å². The summed E-state index contributed by atoms with van der Waals surface area (Å²) in [4.78, 5) is 16.7. The lowest BCUT2D eigenvalue weighted by Gasteiger charge is -2.17. The molecule has 4 aromatic rings. The van der Waals surface area contributed by atoms with E-state index in [0.29, 0.717) is 34.0 Å². The van der Waals surface area contributed by atoms with Gasteiger partial charge in [-0.05, 0) is 54.4 Å². The number of hydrogen-bond acceptors (Lipinski definition) is 7. The average Bonchev–Trinajstić information content (AvgIpc) is 3.64. The second-order valence-electron chi connectivity index (χ2n) is 8.93. The van der Waals surface area contributed by atoms with E-state index in [4.69, 9.17) is 11.6 Å². The first-order valence-electron chi connectivity index (χ1n) is 11.6. The van der Waals surface area contributed by atoms with Gasteiger partial charge in [-0.1, -0.05) is 41.9 Å². The molecule has 1 fully saturated rings. The zero-order valence-electron chi connectivity index (χ0n) is 20.1. The van der Waals surface area contributed by atoms with Crippen LogP contribution in [0.4, 0.5) is 0 Å². The summed E-state index contributed by atoms with van der Waals surface area (Å²) in [5.41, 5.74) is 1.71. The molecule has 1 unspecified atom stereocenters. The van der Waals surface area contributed by atoms with Crippen LogP contribution < -0.4 is 4.72 Å². The maximum atomic E-state index is 13.1. The molecule has 1 N–H and O–H groups in total. The van der Waals surface area contributed by atoms with Gasteiger partial charge in [0, 0.05) is 46.3 Å². The quantitative estimate of drug-likeness (QED) is 0.304. The van der Waals surface area contributed by atoms with Gasteiger partial charge < -0.3 is 4.90 Å². The van der Waals surface area contributed by atoms with Crippen molar-refractivity contribution in [2.45, 2.75) is 21.6 Å². The Morgan fingerprint density at radius 2 is 1.61 bits per heavy atom. The SMILES string of the molecule is CS(=O)(=O)c1ccccc1-c1ccc(C(=O)N2CCC(NS(=O)(=O)c3ccc(-c4ccc(Cl)s4)s3)C2)cc1. The highest BCUT2D eigenvalue weighted by Gasteiger charge is 2.31. The van der Waals surface area contributed by atoms with Crippen LogP contribution in [-0.2, 0) is 19.9 Å². The molecule has 0 spiro atoms. The third kappa shape index (κ3) is 5.73. The van der Waals surface area contributed by atoms with Crippen LogP contribution in [0.3, 0.4) is 0 Å². The van der Waals surface area contributed by atoms with Crippen LogP contribution in [0.25, 0.3) is 20.9 Å². The molecule has 1 amide bonds. The smallest absolute Gasteiger partial charge is 0.253 e. The summed E-state index contributed by atoms with van der Waals surface area (Å²) in [6, 6.07) is 20.1. The number of sulfone groups is 1. The van der Waals surface area contributed by atoms with Gasteiger partial charge in [-0.2, -0.15) is 0 Å². The van der Waals surface area contributed by atoms with E-state index >= 15 is 0 Å². The summed E-state index contributed by atoms with van der Waals surface area (Å²) < 4.78 is 53.9. The second kappa shape index (κ2) is 10.6. The number of carbonyl (C=O) groups excluding carboxylic acids is 1. The summed E-state index contributed by atoms with van der Waals surface area (Å²) in [6.07, 6.45) is 1.67. The summed E-state index contributed by atoms with van der Waals surface area (Å²) in [7, 11) is -7.15. The van der Waals surface area contributed by atoms with E-state index in [1.165, 1.54) is 28.9 Å².